The molecule has 4 nitrogen and oxygen atoms in total. The molecular weight excluding hydrogens is 272 g/mol. The Bertz CT molecular complexity index is 586. The third kappa shape index (κ3) is 4.06. The molecule has 0 atom stereocenters. The minimum Gasteiger partial charge on any atom is -0.316 e. The Labute approximate surface area is 120 Å². The number of benzene rings is 1. The molecule has 0 aliphatic heterocycles. The molecule has 1 aliphatic carbocycles. The molecule has 0 heterocycles. The average Bonchev–Trinajstić information content (AvgIpc) is 2.40. The van der Waals surface area contributed by atoms with Crippen LogP contribution in [-0.4, -0.2) is 27.3 Å². The maximum absolute atomic E-state index is 12.1. The van der Waals surface area contributed by atoms with Gasteiger partial charge in [0.1, 0.15) is 0 Å². The van der Waals surface area contributed by atoms with Crippen LogP contribution in [0.4, 0.5) is 0 Å². The third-order valence-corrected chi connectivity index (χ3v) is 5.54. The molecule has 0 saturated heterocycles. The quantitative estimate of drug-likeness (QED) is 0.781. The highest BCUT2D eigenvalue weighted by Gasteiger charge is 2.17. The van der Waals surface area contributed by atoms with Gasteiger partial charge in [0.25, 0.3) is 0 Å². The number of rotatable bonds is 7. The number of hydrogen-bond donors (Lipinski definition) is 1. The number of nitrogens with zero attached hydrogens (tertiary/aromatic N) is 1. The fraction of sp³-hybridized carbons (Fsp3) is 0.533. The van der Waals surface area contributed by atoms with Gasteiger partial charge in [-0.25, -0.2) is 8.42 Å². The Morgan fingerprint density at radius 3 is 2.75 bits per heavy atom. The van der Waals surface area contributed by atoms with Crippen LogP contribution < -0.4 is 5.32 Å². The summed E-state index contributed by atoms with van der Waals surface area (Å²) < 4.78 is 24.2. The lowest BCUT2D eigenvalue weighted by molar-refractivity contribution is 0.293. The molecule has 108 valence electrons. The molecule has 0 radical (unpaired) electrons. The van der Waals surface area contributed by atoms with Crippen molar-refractivity contribution >= 4 is 9.84 Å². The first-order valence-electron chi connectivity index (χ1n) is 7.05. The second kappa shape index (κ2) is 6.87. The minimum absolute atomic E-state index is 0.0759. The van der Waals surface area contributed by atoms with Crippen LogP contribution in [0.15, 0.2) is 29.2 Å². The van der Waals surface area contributed by atoms with Gasteiger partial charge in [0, 0.05) is 6.54 Å². The zero-order valence-electron chi connectivity index (χ0n) is 11.5. The van der Waals surface area contributed by atoms with Gasteiger partial charge in [-0.3, -0.25) is 0 Å². The SMILES string of the molecule is N#Cc1cccc(S(=O)(=O)CCNCCC2CCC2)c1. The van der Waals surface area contributed by atoms with E-state index in [1.807, 2.05) is 6.07 Å². The highest BCUT2D eigenvalue weighted by molar-refractivity contribution is 7.91. The molecule has 0 spiro atoms. The molecule has 20 heavy (non-hydrogen) atoms. The Morgan fingerprint density at radius 1 is 1.30 bits per heavy atom. The van der Waals surface area contributed by atoms with Crippen LogP contribution in [0.3, 0.4) is 0 Å². The standard InChI is InChI=1S/C15H20N2O2S/c16-12-14-5-2-6-15(11-14)20(18,19)10-9-17-8-7-13-3-1-4-13/h2,5-6,11,13,17H,1,3-4,7-10H2. The van der Waals surface area contributed by atoms with Gasteiger partial charge in [-0.1, -0.05) is 25.3 Å². The molecule has 1 fully saturated rings. The zero-order chi connectivity index (χ0) is 14.4. The van der Waals surface area contributed by atoms with E-state index in [0.29, 0.717) is 12.1 Å². The van der Waals surface area contributed by atoms with E-state index < -0.39 is 9.84 Å². The lowest BCUT2D eigenvalue weighted by atomic mass is 9.83. The Balaban J connectivity index is 1.79. The van der Waals surface area contributed by atoms with Crippen molar-refractivity contribution < 1.29 is 8.42 Å². The molecule has 0 aromatic heterocycles. The van der Waals surface area contributed by atoms with Gasteiger partial charge in [-0.15, -0.1) is 0 Å². The van der Waals surface area contributed by atoms with Crippen LogP contribution >= 0.6 is 0 Å². The first-order chi connectivity index (χ1) is 9.62. The van der Waals surface area contributed by atoms with E-state index in [-0.39, 0.29) is 10.6 Å². The molecule has 5 heteroatoms. The van der Waals surface area contributed by atoms with E-state index in [1.165, 1.54) is 25.3 Å². The minimum atomic E-state index is -3.30. The monoisotopic (exact) mass is 292 g/mol. The predicted octanol–water partition coefficient (Wildman–Crippen LogP) is 2.11. The molecule has 1 aliphatic rings. The predicted molar refractivity (Wildman–Crippen MR) is 78.0 cm³/mol. The average molecular weight is 292 g/mol. The smallest absolute Gasteiger partial charge is 0.179 e. The van der Waals surface area contributed by atoms with E-state index in [9.17, 15) is 8.42 Å². The van der Waals surface area contributed by atoms with Crippen molar-refractivity contribution in [3.8, 4) is 6.07 Å². The Morgan fingerprint density at radius 2 is 2.10 bits per heavy atom. The van der Waals surface area contributed by atoms with Crippen molar-refractivity contribution in [2.45, 2.75) is 30.6 Å². The summed E-state index contributed by atoms with van der Waals surface area (Å²) in [5.41, 5.74) is 0.379. The summed E-state index contributed by atoms with van der Waals surface area (Å²) in [6, 6.07) is 8.16. The number of nitriles is 1. The first kappa shape index (κ1) is 15.0. The first-order valence-corrected chi connectivity index (χ1v) is 8.71. The van der Waals surface area contributed by atoms with Crippen LogP contribution in [0.2, 0.25) is 0 Å². The van der Waals surface area contributed by atoms with E-state index in [1.54, 1.807) is 18.2 Å². The van der Waals surface area contributed by atoms with Crippen molar-refractivity contribution in [3.63, 3.8) is 0 Å². The van der Waals surface area contributed by atoms with Crippen LogP contribution in [-0.2, 0) is 9.84 Å². The molecule has 0 bridgehead atoms. The Kier molecular flexibility index (Phi) is 5.16. The van der Waals surface area contributed by atoms with E-state index >= 15 is 0 Å². The van der Waals surface area contributed by atoms with Crippen molar-refractivity contribution in [2.24, 2.45) is 5.92 Å². The van der Waals surface area contributed by atoms with Gasteiger partial charge < -0.3 is 5.32 Å². The summed E-state index contributed by atoms with van der Waals surface area (Å²) in [5.74, 6) is 0.915. The normalized spacial score (nSPS) is 15.6. The Hall–Kier alpha value is -1.38. The number of hydrogen-bond acceptors (Lipinski definition) is 4. The molecule has 1 aromatic carbocycles. The highest BCUT2D eigenvalue weighted by atomic mass is 32.2. The van der Waals surface area contributed by atoms with Crippen LogP contribution in [0.25, 0.3) is 0 Å². The van der Waals surface area contributed by atoms with Gasteiger partial charge >= 0.3 is 0 Å². The van der Waals surface area contributed by atoms with Crippen LogP contribution in [0.5, 0.6) is 0 Å². The highest BCUT2D eigenvalue weighted by Crippen LogP contribution is 2.28. The second-order valence-electron chi connectivity index (χ2n) is 5.29. The molecule has 1 aromatic rings. The number of sulfone groups is 1. The van der Waals surface area contributed by atoms with Crippen molar-refractivity contribution in [3.05, 3.63) is 29.8 Å². The largest absolute Gasteiger partial charge is 0.316 e. The summed E-state index contributed by atoms with van der Waals surface area (Å²) in [6.45, 7) is 1.35. The van der Waals surface area contributed by atoms with Crippen molar-refractivity contribution in [1.29, 1.82) is 5.26 Å². The second-order valence-corrected chi connectivity index (χ2v) is 7.40. The van der Waals surface area contributed by atoms with Crippen LogP contribution in [0, 0.1) is 17.2 Å². The van der Waals surface area contributed by atoms with Gasteiger partial charge in [0.2, 0.25) is 0 Å². The van der Waals surface area contributed by atoms with E-state index in [0.717, 1.165) is 18.9 Å². The molecular formula is C15H20N2O2S. The van der Waals surface area contributed by atoms with Gasteiger partial charge in [-0.05, 0) is 37.1 Å². The zero-order valence-corrected chi connectivity index (χ0v) is 12.3. The maximum atomic E-state index is 12.1. The molecule has 0 unspecified atom stereocenters. The molecule has 1 saturated carbocycles. The van der Waals surface area contributed by atoms with E-state index in [4.69, 9.17) is 5.26 Å². The fourth-order valence-corrected chi connectivity index (χ4v) is 3.54. The topological polar surface area (TPSA) is 70.0 Å². The van der Waals surface area contributed by atoms with Crippen LogP contribution in [0.1, 0.15) is 31.2 Å². The summed E-state index contributed by atoms with van der Waals surface area (Å²) in [5, 5.41) is 12.0. The fourth-order valence-electron chi connectivity index (χ4n) is 2.30. The van der Waals surface area contributed by atoms with Gasteiger partial charge in [-0.2, -0.15) is 5.26 Å². The summed E-state index contributed by atoms with van der Waals surface area (Å²) in [4.78, 5) is 0.234. The van der Waals surface area contributed by atoms with Gasteiger partial charge in [0.15, 0.2) is 9.84 Å². The summed E-state index contributed by atoms with van der Waals surface area (Å²) in [6.07, 6.45) is 5.13. The van der Waals surface area contributed by atoms with Gasteiger partial charge in [0.05, 0.1) is 22.3 Å². The van der Waals surface area contributed by atoms with Crippen molar-refractivity contribution in [1.82, 2.24) is 5.32 Å². The maximum Gasteiger partial charge on any atom is 0.179 e. The molecule has 1 N–H and O–H groups in total. The van der Waals surface area contributed by atoms with Crippen molar-refractivity contribution in [2.75, 3.05) is 18.8 Å². The summed E-state index contributed by atoms with van der Waals surface area (Å²) in [7, 11) is -3.30. The lowest BCUT2D eigenvalue weighted by Gasteiger charge is -2.25. The van der Waals surface area contributed by atoms with E-state index in [2.05, 4.69) is 5.32 Å². The molecule has 2 rings (SSSR count). The lowest BCUT2D eigenvalue weighted by Crippen LogP contribution is -2.26. The summed E-state index contributed by atoms with van der Waals surface area (Å²) >= 11 is 0. The molecule has 0 amide bonds. The number of nitrogens with one attached hydrogen (secondary N) is 1. The third-order valence-electron chi connectivity index (χ3n) is 3.82.